The number of nitrogens with one attached hydrogen (secondary N) is 2. The van der Waals surface area contributed by atoms with E-state index in [1.54, 1.807) is 12.1 Å². The fraction of sp³-hybridized carbons (Fsp3) is 0.263. The van der Waals surface area contributed by atoms with E-state index in [9.17, 15) is 19.7 Å². The van der Waals surface area contributed by atoms with Crippen LogP contribution in [0.25, 0.3) is 0 Å². The smallest absolute Gasteiger partial charge is 0.270 e. The van der Waals surface area contributed by atoms with E-state index < -0.39 is 22.8 Å². The molecule has 0 heterocycles. The van der Waals surface area contributed by atoms with E-state index >= 15 is 0 Å². The molecular weight excluding hydrogens is 382 g/mol. The highest BCUT2D eigenvalue weighted by atomic mass is 16.6. The number of methoxy groups -OCH3 is 3. The van der Waals surface area contributed by atoms with Gasteiger partial charge >= 0.3 is 0 Å². The molecule has 0 aromatic heterocycles. The van der Waals surface area contributed by atoms with Gasteiger partial charge in [0.2, 0.25) is 11.7 Å². The van der Waals surface area contributed by atoms with Gasteiger partial charge in [-0.05, 0) is 13.0 Å². The van der Waals surface area contributed by atoms with Crippen molar-refractivity contribution in [1.29, 1.82) is 0 Å². The molecule has 2 rings (SSSR count). The molecule has 2 aromatic rings. The van der Waals surface area contributed by atoms with Gasteiger partial charge in [-0.3, -0.25) is 19.7 Å². The number of rotatable bonds is 8. The first-order valence-electron chi connectivity index (χ1n) is 8.46. The van der Waals surface area contributed by atoms with E-state index in [-0.39, 0.29) is 11.3 Å². The lowest BCUT2D eigenvalue weighted by molar-refractivity contribution is -0.384. The second kappa shape index (κ2) is 9.40. The SMILES string of the molecule is COc1cc(NC(=O)[C@H](C)NC(=O)c2cccc([N+](=O)[O-])c2)cc(OC)c1OC. The van der Waals surface area contributed by atoms with Crippen molar-refractivity contribution in [1.82, 2.24) is 5.32 Å². The molecule has 10 heteroatoms. The lowest BCUT2D eigenvalue weighted by atomic mass is 10.1. The van der Waals surface area contributed by atoms with E-state index in [1.165, 1.54) is 46.5 Å². The molecule has 10 nitrogen and oxygen atoms in total. The summed E-state index contributed by atoms with van der Waals surface area (Å²) in [7, 11) is 4.36. The summed E-state index contributed by atoms with van der Waals surface area (Å²) in [4.78, 5) is 35.0. The van der Waals surface area contributed by atoms with Gasteiger partial charge in [0.25, 0.3) is 11.6 Å². The largest absolute Gasteiger partial charge is 0.493 e. The molecule has 0 saturated heterocycles. The van der Waals surface area contributed by atoms with E-state index in [0.29, 0.717) is 22.9 Å². The van der Waals surface area contributed by atoms with Gasteiger partial charge in [-0.15, -0.1) is 0 Å². The van der Waals surface area contributed by atoms with Crippen LogP contribution in [-0.2, 0) is 4.79 Å². The monoisotopic (exact) mass is 403 g/mol. The van der Waals surface area contributed by atoms with E-state index in [2.05, 4.69) is 10.6 Å². The number of nitro groups is 1. The molecule has 0 bridgehead atoms. The predicted octanol–water partition coefficient (Wildman–Crippen LogP) is 2.38. The van der Waals surface area contributed by atoms with Crippen LogP contribution < -0.4 is 24.8 Å². The summed E-state index contributed by atoms with van der Waals surface area (Å²) in [5.74, 6) is -0.0230. The van der Waals surface area contributed by atoms with Crippen molar-refractivity contribution >= 4 is 23.2 Å². The van der Waals surface area contributed by atoms with Crippen molar-refractivity contribution in [2.45, 2.75) is 13.0 Å². The lowest BCUT2D eigenvalue weighted by Crippen LogP contribution is -2.41. The molecular formula is C19H21N3O7. The third kappa shape index (κ3) is 5.12. The quantitative estimate of drug-likeness (QED) is 0.511. The van der Waals surface area contributed by atoms with Crippen LogP contribution in [0.2, 0.25) is 0 Å². The maximum absolute atomic E-state index is 12.5. The summed E-state index contributed by atoms with van der Waals surface area (Å²) in [5.41, 5.74) is 0.236. The number of amides is 2. The molecule has 0 aliphatic carbocycles. The molecule has 0 unspecified atom stereocenters. The highest BCUT2D eigenvalue weighted by Crippen LogP contribution is 2.39. The minimum atomic E-state index is -0.916. The summed E-state index contributed by atoms with van der Waals surface area (Å²) in [6.45, 7) is 1.49. The molecule has 2 amide bonds. The Morgan fingerprint density at radius 2 is 1.66 bits per heavy atom. The standard InChI is InChI=1S/C19H21N3O7/c1-11(20-19(24)12-6-5-7-14(8-12)22(25)26)18(23)21-13-9-15(27-2)17(29-4)16(10-13)28-3/h5-11H,1-4H3,(H,20,24)(H,21,23)/t11-/m0/s1. The lowest BCUT2D eigenvalue weighted by Gasteiger charge is -2.17. The fourth-order valence-corrected chi connectivity index (χ4v) is 2.51. The third-order valence-corrected chi connectivity index (χ3v) is 3.99. The predicted molar refractivity (Wildman–Crippen MR) is 105 cm³/mol. The zero-order chi connectivity index (χ0) is 21.6. The first kappa shape index (κ1) is 21.5. The second-order valence-electron chi connectivity index (χ2n) is 5.91. The van der Waals surface area contributed by atoms with E-state index in [0.717, 1.165) is 6.07 Å². The zero-order valence-corrected chi connectivity index (χ0v) is 16.3. The number of anilines is 1. The Balaban J connectivity index is 2.12. The van der Waals surface area contributed by atoms with Crippen molar-refractivity contribution in [3.63, 3.8) is 0 Å². The molecule has 0 aliphatic heterocycles. The fourth-order valence-electron chi connectivity index (χ4n) is 2.51. The molecule has 0 radical (unpaired) electrons. The number of benzene rings is 2. The summed E-state index contributed by atoms with van der Waals surface area (Å²) in [5, 5.41) is 16.0. The molecule has 1 atom stereocenters. The van der Waals surface area contributed by atoms with Gasteiger partial charge in [-0.25, -0.2) is 0 Å². The summed E-state index contributed by atoms with van der Waals surface area (Å²) >= 11 is 0. The van der Waals surface area contributed by atoms with Gasteiger partial charge in [0.1, 0.15) is 6.04 Å². The highest BCUT2D eigenvalue weighted by molar-refractivity contribution is 6.01. The number of nitro benzene ring substituents is 1. The number of carbonyl (C=O) groups excluding carboxylic acids is 2. The Hall–Kier alpha value is -3.82. The Labute approximate surface area is 166 Å². The number of non-ortho nitro benzene ring substituents is 1. The summed E-state index contributed by atoms with van der Waals surface area (Å²) in [6, 6.07) is 7.42. The molecule has 2 aromatic carbocycles. The Morgan fingerprint density at radius 3 is 2.17 bits per heavy atom. The van der Waals surface area contributed by atoms with Crippen molar-refractivity contribution in [3.8, 4) is 17.2 Å². The van der Waals surface area contributed by atoms with Crippen molar-refractivity contribution in [2.24, 2.45) is 0 Å². The number of nitrogens with zero attached hydrogens (tertiary/aromatic N) is 1. The summed E-state index contributed by atoms with van der Waals surface area (Å²) < 4.78 is 15.7. The molecule has 154 valence electrons. The van der Waals surface area contributed by atoms with Crippen molar-refractivity contribution in [2.75, 3.05) is 26.6 Å². The topological polar surface area (TPSA) is 129 Å². The number of ether oxygens (including phenoxy) is 3. The molecule has 0 saturated carbocycles. The van der Waals surface area contributed by atoms with E-state index in [1.807, 2.05) is 0 Å². The Bertz CT molecular complexity index is 905. The average Bonchev–Trinajstić information content (AvgIpc) is 2.72. The van der Waals surface area contributed by atoms with Crippen LogP contribution >= 0.6 is 0 Å². The first-order valence-corrected chi connectivity index (χ1v) is 8.46. The zero-order valence-electron chi connectivity index (χ0n) is 16.3. The van der Waals surface area contributed by atoms with Crippen LogP contribution in [0, 0.1) is 10.1 Å². The Kier molecular flexibility index (Phi) is 6.96. The molecule has 0 fully saturated rings. The third-order valence-electron chi connectivity index (χ3n) is 3.99. The van der Waals surface area contributed by atoms with Gasteiger partial charge in [-0.2, -0.15) is 0 Å². The van der Waals surface area contributed by atoms with Gasteiger partial charge in [0.05, 0.1) is 26.3 Å². The van der Waals surface area contributed by atoms with Crippen molar-refractivity contribution in [3.05, 3.63) is 52.1 Å². The van der Waals surface area contributed by atoms with Gasteiger partial charge in [0, 0.05) is 35.5 Å². The molecule has 0 spiro atoms. The minimum absolute atomic E-state index is 0.0756. The van der Waals surface area contributed by atoms with Gasteiger partial charge < -0.3 is 24.8 Å². The minimum Gasteiger partial charge on any atom is -0.493 e. The first-order chi connectivity index (χ1) is 13.8. The van der Waals surface area contributed by atoms with Gasteiger partial charge in [0.15, 0.2) is 11.5 Å². The van der Waals surface area contributed by atoms with Crippen LogP contribution in [0.3, 0.4) is 0 Å². The number of hydrogen-bond donors (Lipinski definition) is 2. The van der Waals surface area contributed by atoms with Crippen LogP contribution in [0.4, 0.5) is 11.4 Å². The molecule has 0 aliphatic rings. The van der Waals surface area contributed by atoms with Crippen LogP contribution in [0.15, 0.2) is 36.4 Å². The number of hydrogen-bond acceptors (Lipinski definition) is 7. The van der Waals surface area contributed by atoms with Gasteiger partial charge in [-0.1, -0.05) is 6.07 Å². The van der Waals surface area contributed by atoms with Crippen molar-refractivity contribution < 1.29 is 28.7 Å². The maximum atomic E-state index is 12.5. The van der Waals surface area contributed by atoms with Crippen LogP contribution in [-0.4, -0.2) is 44.1 Å². The average molecular weight is 403 g/mol. The maximum Gasteiger partial charge on any atom is 0.270 e. The summed E-state index contributed by atoms with van der Waals surface area (Å²) in [6.07, 6.45) is 0. The van der Waals surface area contributed by atoms with E-state index in [4.69, 9.17) is 14.2 Å². The normalized spacial score (nSPS) is 11.2. The van der Waals surface area contributed by atoms with Crippen LogP contribution in [0.1, 0.15) is 17.3 Å². The Morgan fingerprint density at radius 1 is 1.03 bits per heavy atom. The van der Waals surface area contributed by atoms with Crippen LogP contribution in [0.5, 0.6) is 17.2 Å². The molecule has 29 heavy (non-hydrogen) atoms. The second-order valence-corrected chi connectivity index (χ2v) is 5.91. The highest BCUT2D eigenvalue weighted by Gasteiger charge is 2.20. The molecule has 2 N–H and O–H groups in total. The number of carbonyl (C=O) groups is 2.